The second-order valence-corrected chi connectivity index (χ2v) is 7.42. The van der Waals surface area contributed by atoms with E-state index < -0.39 is 0 Å². The van der Waals surface area contributed by atoms with E-state index in [4.69, 9.17) is 28.0 Å². The second-order valence-electron chi connectivity index (χ2n) is 6.63. The van der Waals surface area contributed by atoms with Gasteiger partial charge in [-0.05, 0) is 36.1 Å². The summed E-state index contributed by atoms with van der Waals surface area (Å²) in [4.78, 5) is 17.7. The summed E-state index contributed by atoms with van der Waals surface area (Å²) < 4.78 is 0. The van der Waals surface area contributed by atoms with Gasteiger partial charge in [0.25, 0.3) is 0 Å². The number of hydrogen-bond donors (Lipinski definition) is 2. The SMILES string of the molecule is C=C(NCCC)c1ccc(CCNC(=O)CN(C)Oc2cccc(Cl)c2Cl)cc1. The summed E-state index contributed by atoms with van der Waals surface area (Å²) in [5.74, 6) is 0.268. The van der Waals surface area contributed by atoms with Crippen LogP contribution in [0, 0.1) is 0 Å². The van der Waals surface area contributed by atoms with E-state index in [9.17, 15) is 4.79 Å². The smallest absolute Gasteiger partial charge is 0.237 e. The van der Waals surface area contributed by atoms with E-state index in [0.717, 1.165) is 36.2 Å². The predicted octanol–water partition coefficient (Wildman–Crippen LogP) is 4.55. The molecule has 0 spiro atoms. The lowest BCUT2D eigenvalue weighted by Gasteiger charge is -2.18. The first kappa shape index (κ1) is 23.1. The first-order valence-corrected chi connectivity index (χ1v) is 10.3. The maximum absolute atomic E-state index is 12.1. The molecule has 2 rings (SSSR count). The fourth-order valence-corrected chi connectivity index (χ4v) is 2.94. The predicted molar refractivity (Wildman–Crippen MR) is 120 cm³/mol. The van der Waals surface area contributed by atoms with Gasteiger partial charge in [-0.1, -0.05) is 67.0 Å². The van der Waals surface area contributed by atoms with Crippen molar-refractivity contribution in [3.05, 3.63) is 70.2 Å². The lowest BCUT2D eigenvalue weighted by atomic mass is 10.1. The highest BCUT2D eigenvalue weighted by molar-refractivity contribution is 6.42. The van der Waals surface area contributed by atoms with Crippen LogP contribution in [-0.4, -0.2) is 37.7 Å². The van der Waals surface area contributed by atoms with Crippen LogP contribution >= 0.6 is 23.2 Å². The zero-order valence-corrected chi connectivity index (χ0v) is 18.3. The molecule has 0 heterocycles. The normalized spacial score (nSPS) is 10.7. The Bertz CT molecular complexity index is 825. The summed E-state index contributed by atoms with van der Waals surface area (Å²) in [5, 5.41) is 8.31. The van der Waals surface area contributed by atoms with E-state index in [2.05, 4.69) is 36.3 Å². The molecule has 0 aliphatic heterocycles. The minimum Gasteiger partial charge on any atom is -0.404 e. The highest BCUT2D eigenvalue weighted by Crippen LogP contribution is 2.31. The van der Waals surface area contributed by atoms with E-state index >= 15 is 0 Å². The van der Waals surface area contributed by atoms with Gasteiger partial charge < -0.3 is 15.5 Å². The number of carbonyl (C=O) groups excluding carboxylic acids is 1. The number of hydrogen-bond acceptors (Lipinski definition) is 4. The van der Waals surface area contributed by atoms with Gasteiger partial charge in [0.15, 0.2) is 5.75 Å². The zero-order valence-electron chi connectivity index (χ0n) is 16.8. The molecule has 0 aromatic heterocycles. The highest BCUT2D eigenvalue weighted by Gasteiger charge is 2.11. The van der Waals surface area contributed by atoms with Gasteiger partial charge >= 0.3 is 0 Å². The van der Waals surface area contributed by atoms with Crippen LogP contribution in [0.15, 0.2) is 49.0 Å². The number of hydroxylamine groups is 2. The lowest BCUT2D eigenvalue weighted by Crippen LogP contribution is -2.37. The van der Waals surface area contributed by atoms with Crippen molar-refractivity contribution in [2.24, 2.45) is 0 Å². The molecule has 0 bridgehead atoms. The third-order valence-electron chi connectivity index (χ3n) is 4.16. The number of benzene rings is 2. The molecular weight excluding hydrogens is 409 g/mol. The molecule has 0 radical (unpaired) electrons. The number of rotatable bonds is 11. The summed E-state index contributed by atoms with van der Waals surface area (Å²) in [6.45, 7) is 7.69. The van der Waals surface area contributed by atoms with Crippen LogP contribution in [0.1, 0.15) is 24.5 Å². The van der Waals surface area contributed by atoms with Crippen LogP contribution in [0.3, 0.4) is 0 Å². The van der Waals surface area contributed by atoms with Gasteiger partial charge in [0.05, 0.1) is 5.02 Å². The largest absolute Gasteiger partial charge is 0.404 e. The molecule has 2 aromatic rings. The van der Waals surface area contributed by atoms with E-state index in [1.807, 2.05) is 12.1 Å². The van der Waals surface area contributed by atoms with Crippen molar-refractivity contribution in [3.8, 4) is 5.75 Å². The molecule has 2 N–H and O–H groups in total. The van der Waals surface area contributed by atoms with Gasteiger partial charge in [-0.3, -0.25) is 4.79 Å². The van der Waals surface area contributed by atoms with Crippen molar-refractivity contribution in [3.63, 3.8) is 0 Å². The summed E-state index contributed by atoms with van der Waals surface area (Å²) in [6.07, 6.45) is 1.80. The van der Waals surface area contributed by atoms with Gasteiger partial charge in [0, 0.05) is 25.8 Å². The molecule has 0 aliphatic rings. The molecule has 0 fully saturated rings. The van der Waals surface area contributed by atoms with Gasteiger partial charge in [-0.2, -0.15) is 0 Å². The molecule has 7 heteroatoms. The molecule has 0 saturated carbocycles. The van der Waals surface area contributed by atoms with Crippen LogP contribution < -0.4 is 15.5 Å². The average Bonchev–Trinajstić information content (AvgIpc) is 2.70. The van der Waals surface area contributed by atoms with Crippen LogP contribution in [0.4, 0.5) is 0 Å². The van der Waals surface area contributed by atoms with Crippen LogP contribution in [-0.2, 0) is 11.2 Å². The minimum atomic E-state index is -0.139. The summed E-state index contributed by atoms with van der Waals surface area (Å²) in [5.41, 5.74) is 3.15. The maximum atomic E-state index is 12.1. The summed E-state index contributed by atoms with van der Waals surface area (Å²) in [7, 11) is 1.66. The Morgan fingerprint density at radius 3 is 2.52 bits per heavy atom. The van der Waals surface area contributed by atoms with Crippen molar-refractivity contribution in [1.29, 1.82) is 0 Å². The van der Waals surface area contributed by atoms with Crippen molar-refractivity contribution < 1.29 is 9.63 Å². The topological polar surface area (TPSA) is 53.6 Å². The number of carbonyl (C=O) groups is 1. The zero-order chi connectivity index (χ0) is 21.2. The van der Waals surface area contributed by atoms with E-state index in [0.29, 0.717) is 22.3 Å². The number of nitrogens with one attached hydrogen (secondary N) is 2. The Kier molecular flexibility index (Phi) is 9.32. The molecule has 0 atom stereocenters. The third-order valence-corrected chi connectivity index (χ3v) is 4.96. The first-order valence-electron chi connectivity index (χ1n) is 9.52. The molecule has 0 aliphatic carbocycles. The van der Waals surface area contributed by atoms with E-state index in [-0.39, 0.29) is 12.5 Å². The number of halogens is 2. The van der Waals surface area contributed by atoms with E-state index in [1.54, 1.807) is 25.2 Å². The van der Waals surface area contributed by atoms with Gasteiger partial charge in [0.2, 0.25) is 5.91 Å². The molecule has 0 unspecified atom stereocenters. The quantitative estimate of drug-likeness (QED) is 0.508. The minimum absolute atomic E-state index is 0.0741. The molecular formula is C22H27Cl2N3O2. The second kappa shape index (κ2) is 11.7. The standard InChI is InChI=1S/C22H27Cl2N3O2/c1-4-13-25-16(2)18-10-8-17(9-11-18)12-14-26-21(28)15-27(3)29-20-7-5-6-19(23)22(20)24/h5-11,25H,2,4,12-15H2,1,3H3,(H,26,28). The number of amides is 1. The Morgan fingerprint density at radius 1 is 1.10 bits per heavy atom. The Balaban J connectivity index is 1.73. The molecule has 1 amide bonds. The average molecular weight is 436 g/mol. The Hall–Kier alpha value is -2.21. The van der Waals surface area contributed by atoms with Crippen molar-refractivity contribution in [2.75, 3.05) is 26.7 Å². The summed E-state index contributed by atoms with van der Waals surface area (Å²) in [6, 6.07) is 13.3. The van der Waals surface area contributed by atoms with Gasteiger partial charge in [-0.25, -0.2) is 0 Å². The van der Waals surface area contributed by atoms with Crippen molar-refractivity contribution in [1.82, 2.24) is 15.7 Å². The van der Waals surface area contributed by atoms with Crippen molar-refractivity contribution in [2.45, 2.75) is 19.8 Å². The third kappa shape index (κ3) is 7.61. The van der Waals surface area contributed by atoms with Crippen LogP contribution in [0.2, 0.25) is 10.0 Å². The van der Waals surface area contributed by atoms with E-state index in [1.165, 1.54) is 5.06 Å². The van der Waals surface area contributed by atoms with Gasteiger partial charge in [-0.15, -0.1) is 5.06 Å². The maximum Gasteiger partial charge on any atom is 0.237 e. The fraction of sp³-hybridized carbons (Fsp3) is 0.318. The van der Waals surface area contributed by atoms with Crippen molar-refractivity contribution >= 4 is 34.8 Å². The van der Waals surface area contributed by atoms with Crippen LogP contribution in [0.25, 0.3) is 5.70 Å². The molecule has 5 nitrogen and oxygen atoms in total. The number of likely N-dealkylation sites (N-methyl/N-ethyl adjacent to an activating group) is 1. The molecule has 29 heavy (non-hydrogen) atoms. The fourth-order valence-electron chi connectivity index (χ4n) is 2.61. The molecule has 0 saturated heterocycles. The van der Waals surface area contributed by atoms with Crippen LogP contribution in [0.5, 0.6) is 5.75 Å². The highest BCUT2D eigenvalue weighted by atomic mass is 35.5. The Morgan fingerprint density at radius 2 is 1.83 bits per heavy atom. The van der Waals surface area contributed by atoms with Gasteiger partial charge in [0.1, 0.15) is 11.6 Å². The molecule has 2 aromatic carbocycles. The summed E-state index contributed by atoms with van der Waals surface area (Å²) >= 11 is 12.0. The monoisotopic (exact) mass is 435 g/mol. The first-order chi connectivity index (χ1) is 13.9. The Labute approximate surface area is 182 Å². The molecule has 156 valence electrons. The lowest BCUT2D eigenvalue weighted by molar-refractivity contribution is -0.129. The number of nitrogens with zero attached hydrogens (tertiary/aromatic N) is 1.